The first-order valence-corrected chi connectivity index (χ1v) is 6.40. The van der Waals surface area contributed by atoms with E-state index in [1.54, 1.807) is 7.11 Å². The van der Waals surface area contributed by atoms with Crippen molar-refractivity contribution in [3.8, 4) is 0 Å². The highest BCUT2D eigenvalue weighted by atomic mass is 16.5. The molecule has 2 fully saturated rings. The molecule has 0 aromatic heterocycles. The number of hydrogen-bond acceptors (Lipinski definition) is 4. The average Bonchev–Trinajstić information content (AvgIpc) is 2.83. The van der Waals surface area contributed by atoms with E-state index in [1.807, 2.05) is 0 Å². The number of aliphatic carboxylic acids is 1. The Morgan fingerprint density at radius 1 is 1.44 bits per heavy atom. The molecule has 2 aliphatic heterocycles. The molecule has 0 aliphatic carbocycles. The van der Waals surface area contributed by atoms with Gasteiger partial charge in [-0.05, 0) is 19.4 Å². The maximum absolute atomic E-state index is 12.3. The Morgan fingerprint density at radius 3 is 2.78 bits per heavy atom. The Balaban J connectivity index is 2.04. The first-order chi connectivity index (χ1) is 8.63. The number of piperidine rings is 1. The molecule has 0 spiro atoms. The summed E-state index contributed by atoms with van der Waals surface area (Å²) in [7, 11) is 1.56. The predicted octanol–water partition coefficient (Wildman–Crippen LogP) is -0.313. The zero-order chi connectivity index (χ0) is 13.1. The lowest BCUT2D eigenvalue weighted by atomic mass is 9.98. The molecule has 0 radical (unpaired) electrons. The standard InChI is InChI=1S/C12H20N2O4/c1-18-9-5-10(12(16)17)14(7-9)11(15)8-3-2-4-13-6-8/h8-10,13H,2-7H2,1H3,(H,16,17). The van der Waals surface area contributed by atoms with Gasteiger partial charge in [-0.15, -0.1) is 0 Å². The van der Waals surface area contributed by atoms with Crippen LogP contribution in [-0.4, -0.2) is 60.8 Å². The van der Waals surface area contributed by atoms with E-state index in [2.05, 4.69) is 5.32 Å². The number of carboxylic acids is 1. The maximum atomic E-state index is 12.3. The molecule has 0 saturated carbocycles. The zero-order valence-corrected chi connectivity index (χ0v) is 10.6. The molecule has 1 amide bonds. The number of likely N-dealkylation sites (tertiary alicyclic amines) is 1. The smallest absolute Gasteiger partial charge is 0.326 e. The molecule has 102 valence electrons. The van der Waals surface area contributed by atoms with E-state index in [1.165, 1.54) is 4.90 Å². The van der Waals surface area contributed by atoms with Crippen molar-refractivity contribution in [2.45, 2.75) is 31.4 Å². The molecule has 3 unspecified atom stereocenters. The number of carbonyl (C=O) groups excluding carboxylic acids is 1. The van der Waals surface area contributed by atoms with Crippen LogP contribution in [-0.2, 0) is 14.3 Å². The van der Waals surface area contributed by atoms with Crippen molar-refractivity contribution in [2.75, 3.05) is 26.7 Å². The summed E-state index contributed by atoms with van der Waals surface area (Å²) in [5.41, 5.74) is 0. The lowest BCUT2D eigenvalue weighted by Crippen LogP contribution is -2.47. The predicted molar refractivity (Wildman–Crippen MR) is 64.1 cm³/mol. The zero-order valence-electron chi connectivity index (χ0n) is 10.6. The van der Waals surface area contributed by atoms with Crippen LogP contribution >= 0.6 is 0 Å². The number of rotatable bonds is 3. The van der Waals surface area contributed by atoms with Crippen LogP contribution in [0, 0.1) is 5.92 Å². The Morgan fingerprint density at radius 2 is 2.22 bits per heavy atom. The minimum Gasteiger partial charge on any atom is -0.480 e. The first kappa shape index (κ1) is 13.3. The van der Waals surface area contributed by atoms with Crippen LogP contribution in [0.4, 0.5) is 0 Å². The van der Waals surface area contributed by atoms with Gasteiger partial charge in [0.15, 0.2) is 0 Å². The lowest BCUT2D eigenvalue weighted by Gasteiger charge is -2.29. The van der Waals surface area contributed by atoms with Crippen LogP contribution in [0.5, 0.6) is 0 Å². The molecule has 6 heteroatoms. The number of amides is 1. The number of ether oxygens (including phenoxy) is 1. The molecular weight excluding hydrogens is 236 g/mol. The van der Waals surface area contributed by atoms with E-state index in [4.69, 9.17) is 4.74 Å². The molecule has 2 rings (SSSR count). The number of methoxy groups -OCH3 is 1. The van der Waals surface area contributed by atoms with E-state index < -0.39 is 12.0 Å². The van der Waals surface area contributed by atoms with Crippen molar-refractivity contribution in [2.24, 2.45) is 5.92 Å². The third-order valence-corrected chi connectivity index (χ3v) is 3.81. The fourth-order valence-electron chi connectivity index (χ4n) is 2.74. The summed E-state index contributed by atoms with van der Waals surface area (Å²) in [5, 5.41) is 12.4. The number of nitrogens with zero attached hydrogens (tertiary/aromatic N) is 1. The first-order valence-electron chi connectivity index (χ1n) is 6.40. The Hall–Kier alpha value is -1.14. The Kier molecular flexibility index (Phi) is 4.19. The van der Waals surface area contributed by atoms with Crippen molar-refractivity contribution in [1.29, 1.82) is 0 Å². The molecular formula is C12H20N2O4. The molecule has 2 aliphatic rings. The fourth-order valence-corrected chi connectivity index (χ4v) is 2.74. The second-order valence-electron chi connectivity index (χ2n) is 4.98. The molecule has 6 nitrogen and oxygen atoms in total. The highest BCUT2D eigenvalue weighted by molar-refractivity contribution is 5.86. The summed E-state index contributed by atoms with van der Waals surface area (Å²) in [6.07, 6.45) is 2.03. The van der Waals surface area contributed by atoms with Gasteiger partial charge in [-0.25, -0.2) is 4.79 Å². The summed E-state index contributed by atoms with van der Waals surface area (Å²) >= 11 is 0. The van der Waals surface area contributed by atoms with Crippen molar-refractivity contribution in [1.82, 2.24) is 10.2 Å². The molecule has 2 saturated heterocycles. The van der Waals surface area contributed by atoms with Crippen LogP contribution < -0.4 is 5.32 Å². The summed E-state index contributed by atoms with van der Waals surface area (Å²) in [5.74, 6) is -1.07. The van der Waals surface area contributed by atoms with Crippen molar-refractivity contribution < 1.29 is 19.4 Å². The molecule has 0 aromatic rings. The van der Waals surface area contributed by atoms with Gasteiger partial charge < -0.3 is 20.1 Å². The Labute approximate surface area is 106 Å². The van der Waals surface area contributed by atoms with E-state index in [0.29, 0.717) is 19.5 Å². The van der Waals surface area contributed by atoms with Gasteiger partial charge in [0.2, 0.25) is 5.91 Å². The second-order valence-corrected chi connectivity index (χ2v) is 4.98. The minimum absolute atomic E-state index is 0.0471. The summed E-state index contributed by atoms with van der Waals surface area (Å²) in [6, 6.07) is -0.732. The van der Waals surface area contributed by atoms with Crippen molar-refractivity contribution >= 4 is 11.9 Å². The number of nitrogens with one attached hydrogen (secondary N) is 1. The lowest BCUT2D eigenvalue weighted by molar-refractivity contribution is -0.150. The van der Waals surface area contributed by atoms with E-state index in [9.17, 15) is 14.7 Å². The summed E-state index contributed by atoms with van der Waals surface area (Å²) in [6.45, 7) is 1.98. The molecule has 18 heavy (non-hydrogen) atoms. The van der Waals surface area contributed by atoms with E-state index in [-0.39, 0.29) is 17.9 Å². The van der Waals surface area contributed by atoms with Crippen molar-refractivity contribution in [3.63, 3.8) is 0 Å². The van der Waals surface area contributed by atoms with Gasteiger partial charge in [0.25, 0.3) is 0 Å². The number of carboxylic acid groups (broad SMARTS) is 1. The van der Waals surface area contributed by atoms with Crippen LogP contribution in [0.2, 0.25) is 0 Å². The van der Waals surface area contributed by atoms with Crippen LogP contribution in [0.15, 0.2) is 0 Å². The fraction of sp³-hybridized carbons (Fsp3) is 0.833. The minimum atomic E-state index is -0.938. The molecule has 0 bridgehead atoms. The highest BCUT2D eigenvalue weighted by Gasteiger charge is 2.41. The SMILES string of the molecule is COC1CC(C(=O)O)N(C(=O)C2CCCNC2)C1. The Bertz CT molecular complexity index is 328. The summed E-state index contributed by atoms with van der Waals surface area (Å²) < 4.78 is 5.19. The highest BCUT2D eigenvalue weighted by Crippen LogP contribution is 2.24. The molecule has 3 atom stereocenters. The van der Waals surface area contributed by atoms with Gasteiger partial charge in [0.05, 0.1) is 12.0 Å². The number of carbonyl (C=O) groups is 2. The van der Waals surface area contributed by atoms with Gasteiger partial charge in [-0.1, -0.05) is 0 Å². The number of hydrogen-bond donors (Lipinski definition) is 2. The van der Waals surface area contributed by atoms with Crippen molar-refractivity contribution in [3.05, 3.63) is 0 Å². The quantitative estimate of drug-likeness (QED) is 0.724. The molecule has 2 heterocycles. The molecule has 2 N–H and O–H groups in total. The van der Waals surface area contributed by atoms with Crippen LogP contribution in [0.3, 0.4) is 0 Å². The molecule has 0 aromatic carbocycles. The normalized spacial score (nSPS) is 32.5. The van der Waals surface area contributed by atoms with Gasteiger partial charge in [-0.3, -0.25) is 4.79 Å². The maximum Gasteiger partial charge on any atom is 0.326 e. The third kappa shape index (κ3) is 2.64. The topological polar surface area (TPSA) is 78.9 Å². The van der Waals surface area contributed by atoms with Crippen LogP contribution in [0.25, 0.3) is 0 Å². The van der Waals surface area contributed by atoms with Crippen LogP contribution in [0.1, 0.15) is 19.3 Å². The average molecular weight is 256 g/mol. The van der Waals surface area contributed by atoms with Gasteiger partial charge in [0.1, 0.15) is 6.04 Å². The van der Waals surface area contributed by atoms with Gasteiger partial charge in [-0.2, -0.15) is 0 Å². The second kappa shape index (κ2) is 5.67. The van der Waals surface area contributed by atoms with E-state index >= 15 is 0 Å². The van der Waals surface area contributed by atoms with Gasteiger partial charge in [0, 0.05) is 26.6 Å². The van der Waals surface area contributed by atoms with Gasteiger partial charge >= 0.3 is 5.97 Å². The largest absolute Gasteiger partial charge is 0.480 e. The van der Waals surface area contributed by atoms with E-state index in [0.717, 1.165) is 19.4 Å². The third-order valence-electron chi connectivity index (χ3n) is 3.81. The monoisotopic (exact) mass is 256 g/mol. The summed E-state index contributed by atoms with van der Waals surface area (Å²) in [4.78, 5) is 25.0.